The van der Waals surface area contributed by atoms with Crippen LogP contribution in [0.15, 0.2) is 24.3 Å². The van der Waals surface area contributed by atoms with Crippen LogP contribution >= 0.6 is 0 Å². The Labute approximate surface area is 152 Å². The average molecular weight is 344 g/mol. The van der Waals surface area contributed by atoms with Gasteiger partial charge in [-0.05, 0) is 55.7 Å². The first-order valence-corrected chi connectivity index (χ1v) is 10.2. The number of carbonyl (C=O) groups excluding carboxylic acids is 1. The van der Waals surface area contributed by atoms with E-state index < -0.39 is 0 Å². The molecule has 0 amide bonds. The van der Waals surface area contributed by atoms with E-state index in [0.29, 0.717) is 18.3 Å². The molecule has 2 saturated carbocycles. The summed E-state index contributed by atoms with van der Waals surface area (Å²) in [5.74, 6) is 1.91. The Morgan fingerprint density at radius 3 is 2.60 bits per heavy atom. The van der Waals surface area contributed by atoms with E-state index >= 15 is 0 Å². The van der Waals surface area contributed by atoms with E-state index in [1.807, 2.05) is 6.92 Å². The molecule has 3 heteroatoms. The van der Waals surface area contributed by atoms with Crippen molar-refractivity contribution in [3.63, 3.8) is 0 Å². The Morgan fingerprint density at radius 1 is 1.04 bits per heavy atom. The van der Waals surface area contributed by atoms with Crippen molar-refractivity contribution < 1.29 is 14.3 Å². The molecule has 2 unspecified atom stereocenters. The standard InChI is InChI=1S/C22H32O3/c1-2-22(23)25-21-14-7-6-13-20(21)18-11-8-12-19(15-18)24-16-17-9-4-3-5-10-17/h8,11-12,15,17,20-21H,2-7,9-10,13-14,16H2,1H3. The second-order valence-electron chi connectivity index (χ2n) is 7.66. The summed E-state index contributed by atoms with van der Waals surface area (Å²) in [6.45, 7) is 2.70. The van der Waals surface area contributed by atoms with Crippen LogP contribution in [0.5, 0.6) is 5.75 Å². The third-order valence-corrected chi connectivity index (χ3v) is 5.77. The van der Waals surface area contributed by atoms with Gasteiger partial charge in [0.1, 0.15) is 11.9 Å². The minimum atomic E-state index is -0.0818. The van der Waals surface area contributed by atoms with Crippen LogP contribution in [0.2, 0.25) is 0 Å². The highest BCUT2D eigenvalue weighted by Gasteiger charge is 2.29. The lowest BCUT2D eigenvalue weighted by Crippen LogP contribution is -2.28. The van der Waals surface area contributed by atoms with Crippen LogP contribution in [0.3, 0.4) is 0 Å². The summed E-state index contributed by atoms with van der Waals surface area (Å²) in [6, 6.07) is 8.48. The lowest BCUT2D eigenvalue weighted by atomic mass is 9.81. The van der Waals surface area contributed by atoms with E-state index in [0.717, 1.165) is 31.6 Å². The highest BCUT2D eigenvalue weighted by atomic mass is 16.5. The molecule has 2 aliphatic rings. The highest BCUT2D eigenvalue weighted by Crippen LogP contribution is 2.36. The van der Waals surface area contributed by atoms with Crippen molar-refractivity contribution in [1.29, 1.82) is 0 Å². The monoisotopic (exact) mass is 344 g/mol. The van der Waals surface area contributed by atoms with Gasteiger partial charge in [0, 0.05) is 12.3 Å². The van der Waals surface area contributed by atoms with Crippen LogP contribution in [-0.4, -0.2) is 18.7 Å². The molecule has 1 aromatic rings. The molecule has 0 aliphatic heterocycles. The van der Waals surface area contributed by atoms with Gasteiger partial charge in [-0.3, -0.25) is 4.79 Å². The Hall–Kier alpha value is -1.51. The lowest BCUT2D eigenvalue weighted by molar-refractivity contribution is -0.151. The summed E-state index contributed by atoms with van der Waals surface area (Å²) in [4.78, 5) is 11.8. The van der Waals surface area contributed by atoms with Gasteiger partial charge in [0.2, 0.25) is 0 Å². The first-order chi connectivity index (χ1) is 12.3. The van der Waals surface area contributed by atoms with Gasteiger partial charge in [0.25, 0.3) is 0 Å². The molecule has 0 radical (unpaired) electrons. The maximum absolute atomic E-state index is 11.8. The summed E-state index contributed by atoms with van der Waals surface area (Å²) < 4.78 is 11.8. The summed E-state index contributed by atoms with van der Waals surface area (Å²) >= 11 is 0. The minimum Gasteiger partial charge on any atom is -0.493 e. The molecule has 0 saturated heterocycles. The van der Waals surface area contributed by atoms with Gasteiger partial charge in [0.05, 0.1) is 6.61 Å². The zero-order valence-electron chi connectivity index (χ0n) is 15.5. The maximum Gasteiger partial charge on any atom is 0.305 e. The van der Waals surface area contributed by atoms with Crippen molar-refractivity contribution in [2.75, 3.05) is 6.61 Å². The molecule has 2 atom stereocenters. The first kappa shape index (κ1) is 18.3. The number of esters is 1. The molecular weight excluding hydrogens is 312 g/mol. The molecule has 138 valence electrons. The first-order valence-electron chi connectivity index (χ1n) is 10.2. The molecule has 3 rings (SSSR count). The van der Waals surface area contributed by atoms with Gasteiger partial charge in [-0.1, -0.05) is 44.7 Å². The highest BCUT2D eigenvalue weighted by molar-refractivity contribution is 5.69. The zero-order valence-corrected chi connectivity index (χ0v) is 15.5. The Morgan fingerprint density at radius 2 is 1.80 bits per heavy atom. The topological polar surface area (TPSA) is 35.5 Å². The van der Waals surface area contributed by atoms with E-state index in [2.05, 4.69) is 24.3 Å². The van der Waals surface area contributed by atoms with Crippen molar-refractivity contribution in [3.8, 4) is 5.75 Å². The van der Waals surface area contributed by atoms with Gasteiger partial charge in [-0.25, -0.2) is 0 Å². The van der Waals surface area contributed by atoms with Crippen LogP contribution in [0.25, 0.3) is 0 Å². The lowest BCUT2D eigenvalue weighted by Gasteiger charge is -2.31. The van der Waals surface area contributed by atoms with E-state index in [-0.39, 0.29) is 12.1 Å². The Bertz CT molecular complexity index is 548. The van der Waals surface area contributed by atoms with Crippen LogP contribution in [-0.2, 0) is 9.53 Å². The molecule has 25 heavy (non-hydrogen) atoms. The summed E-state index contributed by atoms with van der Waals surface area (Å²) in [5, 5.41) is 0. The number of hydrogen-bond acceptors (Lipinski definition) is 3. The van der Waals surface area contributed by atoms with E-state index in [1.54, 1.807) is 0 Å². The van der Waals surface area contributed by atoms with Crippen LogP contribution < -0.4 is 4.74 Å². The quantitative estimate of drug-likeness (QED) is 0.628. The second-order valence-corrected chi connectivity index (χ2v) is 7.66. The van der Waals surface area contributed by atoms with Gasteiger partial charge in [0.15, 0.2) is 0 Å². The number of benzene rings is 1. The summed E-state index contributed by atoms with van der Waals surface area (Å²) in [7, 11) is 0. The van der Waals surface area contributed by atoms with Crippen molar-refractivity contribution in [2.24, 2.45) is 5.92 Å². The Kier molecular flexibility index (Phi) is 6.77. The van der Waals surface area contributed by atoms with E-state index in [1.165, 1.54) is 44.1 Å². The molecule has 0 N–H and O–H groups in total. The molecular formula is C22H32O3. The minimum absolute atomic E-state index is 0.0230. The predicted octanol–water partition coefficient (Wildman–Crippen LogP) is 5.63. The fourth-order valence-corrected chi connectivity index (χ4v) is 4.27. The fraction of sp³-hybridized carbons (Fsp3) is 0.682. The molecule has 3 nitrogen and oxygen atoms in total. The van der Waals surface area contributed by atoms with Gasteiger partial charge >= 0.3 is 5.97 Å². The van der Waals surface area contributed by atoms with Gasteiger partial charge < -0.3 is 9.47 Å². The summed E-state index contributed by atoms with van der Waals surface area (Å²) in [5.41, 5.74) is 1.26. The number of carbonyl (C=O) groups is 1. The third-order valence-electron chi connectivity index (χ3n) is 5.77. The Balaban J connectivity index is 1.63. The van der Waals surface area contributed by atoms with Crippen molar-refractivity contribution in [1.82, 2.24) is 0 Å². The molecule has 0 heterocycles. The van der Waals surface area contributed by atoms with Crippen molar-refractivity contribution in [3.05, 3.63) is 29.8 Å². The molecule has 1 aromatic carbocycles. The average Bonchev–Trinajstić information content (AvgIpc) is 2.68. The van der Waals surface area contributed by atoms with Gasteiger partial charge in [-0.15, -0.1) is 0 Å². The maximum atomic E-state index is 11.8. The molecule has 0 spiro atoms. The normalized spacial score (nSPS) is 24.7. The van der Waals surface area contributed by atoms with Crippen LogP contribution in [0.1, 0.15) is 82.6 Å². The predicted molar refractivity (Wildman–Crippen MR) is 99.9 cm³/mol. The molecule has 0 aromatic heterocycles. The molecule has 2 fully saturated rings. The third kappa shape index (κ3) is 5.23. The van der Waals surface area contributed by atoms with Gasteiger partial charge in [-0.2, -0.15) is 0 Å². The molecule has 0 bridgehead atoms. The van der Waals surface area contributed by atoms with Crippen LogP contribution in [0, 0.1) is 5.92 Å². The number of hydrogen-bond donors (Lipinski definition) is 0. The largest absolute Gasteiger partial charge is 0.493 e. The molecule has 2 aliphatic carbocycles. The van der Waals surface area contributed by atoms with Crippen molar-refractivity contribution >= 4 is 5.97 Å². The van der Waals surface area contributed by atoms with E-state index in [9.17, 15) is 4.79 Å². The SMILES string of the molecule is CCC(=O)OC1CCCCC1c1cccc(OCC2CCCCC2)c1. The fourth-order valence-electron chi connectivity index (χ4n) is 4.27. The number of rotatable bonds is 6. The second kappa shape index (κ2) is 9.26. The summed E-state index contributed by atoms with van der Waals surface area (Å²) in [6.07, 6.45) is 11.6. The van der Waals surface area contributed by atoms with Crippen LogP contribution in [0.4, 0.5) is 0 Å². The van der Waals surface area contributed by atoms with Crippen molar-refractivity contribution in [2.45, 2.75) is 83.2 Å². The number of ether oxygens (including phenoxy) is 2. The van der Waals surface area contributed by atoms with E-state index in [4.69, 9.17) is 9.47 Å². The zero-order chi connectivity index (χ0) is 17.5. The smallest absolute Gasteiger partial charge is 0.305 e.